The van der Waals surface area contributed by atoms with E-state index >= 15 is 0 Å². The minimum absolute atomic E-state index is 0.0303. The Hall–Kier alpha value is -3.37. The quantitative estimate of drug-likeness (QED) is 0.431. The van der Waals surface area contributed by atoms with Crippen LogP contribution < -0.4 is 14.8 Å². The van der Waals surface area contributed by atoms with Crippen LogP contribution in [0.2, 0.25) is 0 Å². The van der Waals surface area contributed by atoms with Crippen molar-refractivity contribution in [1.29, 1.82) is 0 Å². The molecule has 0 saturated heterocycles. The summed E-state index contributed by atoms with van der Waals surface area (Å²) < 4.78 is 72.6. The van der Waals surface area contributed by atoms with Crippen molar-refractivity contribution in [1.82, 2.24) is 4.72 Å². The van der Waals surface area contributed by atoms with E-state index in [0.717, 1.165) is 24.3 Å². The van der Waals surface area contributed by atoms with Gasteiger partial charge < -0.3 is 10.1 Å². The van der Waals surface area contributed by atoms with Crippen LogP contribution in [-0.2, 0) is 27.4 Å². The van der Waals surface area contributed by atoms with Crippen molar-refractivity contribution in [3.8, 4) is 5.75 Å². The van der Waals surface area contributed by atoms with Crippen LogP contribution in [0.4, 0.5) is 18.9 Å². The van der Waals surface area contributed by atoms with Crippen molar-refractivity contribution in [3.63, 3.8) is 0 Å². The van der Waals surface area contributed by atoms with Crippen LogP contribution in [-0.4, -0.2) is 27.0 Å². The number of ether oxygens (including phenoxy) is 1. The summed E-state index contributed by atoms with van der Waals surface area (Å²) in [5.74, 6) is -0.160. The van der Waals surface area contributed by atoms with Gasteiger partial charge in [0.25, 0.3) is 0 Å². The first kappa shape index (κ1) is 26.2. The largest absolute Gasteiger partial charge is 0.494 e. The molecule has 0 unspecified atom stereocenters. The van der Waals surface area contributed by atoms with Crippen molar-refractivity contribution in [3.05, 3.63) is 89.5 Å². The molecule has 3 aromatic rings. The Balaban J connectivity index is 1.85. The monoisotopic (exact) mass is 506 g/mol. The molecule has 3 rings (SSSR count). The van der Waals surface area contributed by atoms with Crippen LogP contribution in [0, 0.1) is 6.92 Å². The van der Waals surface area contributed by atoms with Gasteiger partial charge in [0.05, 0.1) is 17.1 Å². The van der Waals surface area contributed by atoms with E-state index in [9.17, 15) is 26.4 Å². The van der Waals surface area contributed by atoms with E-state index in [1.165, 1.54) is 12.1 Å². The van der Waals surface area contributed by atoms with Gasteiger partial charge in [-0.25, -0.2) is 8.42 Å². The van der Waals surface area contributed by atoms with Crippen LogP contribution in [0.5, 0.6) is 5.75 Å². The fraction of sp³-hybridized carbons (Fsp3) is 0.240. The first-order valence-corrected chi connectivity index (χ1v) is 12.3. The van der Waals surface area contributed by atoms with Gasteiger partial charge in [0.1, 0.15) is 11.8 Å². The van der Waals surface area contributed by atoms with E-state index in [4.69, 9.17) is 4.74 Å². The number of halogens is 3. The van der Waals surface area contributed by atoms with Gasteiger partial charge in [0.2, 0.25) is 15.9 Å². The summed E-state index contributed by atoms with van der Waals surface area (Å²) in [6.07, 6.45) is -4.48. The minimum atomic E-state index is -4.51. The Morgan fingerprint density at radius 3 is 2.23 bits per heavy atom. The lowest BCUT2D eigenvalue weighted by atomic mass is 10.1. The smallest absolute Gasteiger partial charge is 0.416 e. The van der Waals surface area contributed by atoms with Gasteiger partial charge in [-0.3, -0.25) is 4.79 Å². The Morgan fingerprint density at radius 2 is 1.66 bits per heavy atom. The number of sulfonamides is 1. The molecule has 2 N–H and O–H groups in total. The fourth-order valence-corrected chi connectivity index (χ4v) is 4.65. The summed E-state index contributed by atoms with van der Waals surface area (Å²) >= 11 is 0. The maximum atomic E-state index is 13.1. The number of alkyl halides is 3. The maximum absolute atomic E-state index is 13.1. The number of hydrogen-bond donors (Lipinski definition) is 2. The highest BCUT2D eigenvalue weighted by Crippen LogP contribution is 2.30. The molecule has 1 amide bonds. The standard InChI is InChI=1S/C25H25F3N2O4S/c1-3-34-23-14-13-21(15-17(23)2)35(32,33)30-22(16-18-7-5-4-6-8-18)24(31)29-20-11-9-19(10-12-20)25(26,27)28/h4-15,22,30H,3,16H2,1-2H3,(H,29,31)/t22-/m0/s1. The zero-order chi connectivity index (χ0) is 25.6. The lowest BCUT2D eigenvalue weighted by Gasteiger charge is -2.19. The lowest BCUT2D eigenvalue weighted by Crippen LogP contribution is -2.45. The molecule has 1 atom stereocenters. The van der Waals surface area contributed by atoms with E-state index in [1.807, 2.05) is 6.92 Å². The molecule has 0 aliphatic heterocycles. The van der Waals surface area contributed by atoms with E-state index in [2.05, 4.69) is 10.0 Å². The molecule has 0 radical (unpaired) electrons. The average molecular weight is 507 g/mol. The second-order valence-corrected chi connectivity index (χ2v) is 9.50. The summed E-state index contributed by atoms with van der Waals surface area (Å²) in [6, 6.07) is 15.8. The SMILES string of the molecule is CCOc1ccc(S(=O)(=O)N[C@@H](Cc2ccccc2)C(=O)Nc2ccc(C(F)(F)F)cc2)cc1C. The summed E-state index contributed by atoms with van der Waals surface area (Å²) in [6.45, 7) is 3.95. The zero-order valence-corrected chi connectivity index (χ0v) is 19.9. The van der Waals surface area contributed by atoms with E-state index < -0.39 is 33.7 Å². The lowest BCUT2D eigenvalue weighted by molar-refractivity contribution is -0.137. The number of carbonyl (C=O) groups excluding carboxylic acids is 1. The number of carbonyl (C=O) groups is 1. The predicted octanol–water partition coefficient (Wildman–Crippen LogP) is 4.94. The molecule has 0 spiro atoms. The highest BCUT2D eigenvalue weighted by Gasteiger charge is 2.30. The van der Waals surface area contributed by atoms with Gasteiger partial charge in [0.15, 0.2) is 0 Å². The molecule has 0 aliphatic carbocycles. The molecule has 6 nitrogen and oxygen atoms in total. The van der Waals surface area contributed by atoms with Gasteiger partial charge in [0, 0.05) is 5.69 Å². The number of nitrogens with one attached hydrogen (secondary N) is 2. The molecule has 0 fully saturated rings. The maximum Gasteiger partial charge on any atom is 0.416 e. The molecule has 10 heteroatoms. The van der Waals surface area contributed by atoms with Gasteiger partial charge in [-0.15, -0.1) is 0 Å². The van der Waals surface area contributed by atoms with Gasteiger partial charge >= 0.3 is 6.18 Å². The molecule has 3 aromatic carbocycles. The van der Waals surface area contributed by atoms with Crippen molar-refractivity contribution < 1.29 is 31.1 Å². The Labute approximate surface area is 202 Å². The number of amides is 1. The number of benzene rings is 3. The van der Waals surface area contributed by atoms with Gasteiger partial charge in [-0.1, -0.05) is 30.3 Å². The minimum Gasteiger partial charge on any atom is -0.494 e. The number of aryl methyl sites for hydroxylation is 1. The summed E-state index contributed by atoms with van der Waals surface area (Å²) in [7, 11) is -4.11. The van der Waals surface area contributed by atoms with Crippen molar-refractivity contribution in [2.24, 2.45) is 0 Å². The predicted molar refractivity (Wildman–Crippen MR) is 127 cm³/mol. The third kappa shape index (κ3) is 7.06. The topological polar surface area (TPSA) is 84.5 Å². The fourth-order valence-electron chi connectivity index (χ4n) is 3.37. The Morgan fingerprint density at radius 1 is 1.00 bits per heavy atom. The van der Waals surface area contributed by atoms with E-state index in [1.54, 1.807) is 43.3 Å². The molecule has 0 bridgehead atoms. The van der Waals surface area contributed by atoms with Gasteiger partial charge in [-0.2, -0.15) is 17.9 Å². The molecule has 0 saturated carbocycles. The van der Waals surface area contributed by atoms with Gasteiger partial charge in [-0.05, 0) is 73.9 Å². The first-order chi connectivity index (χ1) is 16.5. The molecular formula is C25H25F3N2O4S. The summed E-state index contributed by atoms with van der Waals surface area (Å²) in [5.41, 5.74) is 0.564. The number of hydrogen-bond acceptors (Lipinski definition) is 4. The highest BCUT2D eigenvalue weighted by atomic mass is 32.2. The first-order valence-electron chi connectivity index (χ1n) is 10.8. The molecule has 0 aliphatic rings. The molecule has 186 valence electrons. The van der Waals surface area contributed by atoms with Crippen LogP contribution in [0.25, 0.3) is 0 Å². The Kier molecular flexibility index (Phi) is 8.18. The third-order valence-electron chi connectivity index (χ3n) is 5.13. The normalized spacial score (nSPS) is 12.7. The molecule has 35 heavy (non-hydrogen) atoms. The third-order valence-corrected chi connectivity index (χ3v) is 6.60. The average Bonchev–Trinajstić information content (AvgIpc) is 2.80. The second kappa shape index (κ2) is 10.9. The van der Waals surface area contributed by atoms with E-state index in [0.29, 0.717) is 23.5 Å². The van der Waals surface area contributed by atoms with Crippen LogP contribution in [0.1, 0.15) is 23.6 Å². The van der Waals surface area contributed by atoms with E-state index in [-0.39, 0.29) is 17.0 Å². The second-order valence-electron chi connectivity index (χ2n) is 7.79. The number of rotatable bonds is 9. The number of anilines is 1. The summed E-state index contributed by atoms with van der Waals surface area (Å²) in [4.78, 5) is 13.0. The van der Waals surface area contributed by atoms with Crippen molar-refractivity contribution in [2.75, 3.05) is 11.9 Å². The molecule has 0 aromatic heterocycles. The molecule has 0 heterocycles. The van der Waals surface area contributed by atoms with Crippen LogP contribution in [0.15, 0.2) is 77.7 Å². The van der Waals surface area contributed by atoms with Crippen molar-refractivity contribution in [2.45, 2.75) is 37.4 Å². The Bertz CT molecular complexity index is 1260. The van der Waals surface area contributed by atoms with Crippen molar-refractivity contribution >= 4 is 21.6 Å². The molecular weight excluding hydrogens is 481 g/mol. The summed E-state index contributed by atoms with van der Waals surface area (Å²) in [5, 5.41) is 2.50. The highest BCUT2D eigenvalue weighted by molar-refractivity contribution is 7.89. The zero-order valence-electron chi connectivity index (χ0n) is 19.1. The van der Waals surface area contributed by atoms with Crippen LogP contribution in [0.3, 0.4) is 0 Å². The van der Waals surface area contributed by atoms with Crippen LogP contribution >= 0.6 is 0 Å².